The molecule has 0 amide bonds. The molecule has 2 atom stereocenters. The van der Waals surface area contributed by atoms with Gasteiger partial charge in [0.2, 0.25) is 5.85 Å². The van der Waals surface area contributed by atoms with E-state index in [1.807, 2.05) is 19.1 Å². The van der Waals surface area contributed by atoms with Gasteiger partial charge in [-0.25, -0.2) is 4.39 Å². The minimum Gasteiger partial charge on any atom is -0.358 e. The number of fused-ring (bicyclic) bond motifs is 1. The third-order valence-electron chi connectivity index (χ3n) is 2.48. The van der Waals surface area contributed by atoms with E-state index >= 15 is 0 Å². The Kier molecular flexibility index (Phi) is 1.48. The van der Waals surface area contributed by atoms with Crippen molar-refractivity contribution in [2.45, 2.75) is 25.1 Å². The van der Waals surface area contributed by atoms with Crippen molar-refractivity contribution in [3.05, 3.63) is 35.4 Å². The minimum atomic E-state index is -2.10. The van der Waals surface area contributed by atoms with Gasteiger partial charge >= 0.3 is 0 Å². The summed E-state index contributed by atoms with van der Waals surface area (Å²) in [6.07, 6.45) is 0.187. The molecular weight excluding hydrogens is 155 g/mol. The molecule has 1 nitrogen and oxygen atoms in total. The van der Waals surface area contributed by atoms with Crippen molar-refractivity contribution >= 4 is 0 Å². The Labute approximate surface area is 70.8 Å². The van der Waals surface area contributed by atoms with Crippen molar-refractivity contribution in [1.29, 1.82) is 0 Å². The lowest BCUT2D eigenvalue weighted by Gasteiger charge is -2.11. The second-order valence-corrected chi connectivity index (χ2v) is 3.45. The zero-order chi connectivity index (χ0) is 8.77. The van der Waals surface area contributed by atoms with E-state index in [0.29, 0.717) is 5.56 Å². The third-order valence-corrected chi connectivity index (χ3v) is 2.48. The largest absolute Gasteiger partial charge is 0.358 e. The summed E-state index contributed by atoms with van der Waals surface area (Å²) in [7, 11) is 0. The molecule has 64 valence electrons. The van der Waals surface area contributed by atoms with Gasteiger partial charge in [-0.15, -0.1) is 0 Å². The second kappa shape index (κ2) is 2.30. The van der Waals surface area contributed by atoms with E-state index in [0.717, 1.165) is 5.56 Å². The van der Waals surface area contributed by atoms with Gasteiger partial charge in [0.15, 0.2) is 0 Å². The Morgan fingerprint density at radius 1 is 1.50 bits per heavy atom. The van der Waals surface area contributed by atoms with Gasteiger partial charge in [-0.1, -0.05) is 31.2 Å². The van der Waals surface area contributed by atoms with Crippen LogP contribution < -0.4 is 0 Å². The summed E-state index contributed by atoms with van der Waals surface area (Å²) in [6.45, 7) is 1.93. The fourth-order valence-electron chi connectivity index (χ4n) is 1.90. The summed E-state index contributed by atoms with van der Waals surface area (Å²) < 4.78 is 13.4. The van der Waals surface area contributed by atoms with E-state index in [1.165, 1.54) is 0 Å². The number of benzene rings is 1. The van der Waals surface area contributed by atoms with Gasteiger partial charge in [0.1, 0.15) is 0 Å². The van der Waals surface area contributed by atoms with Crippen LogP contribution in [0.3, 0.4) is 0 Å². The van der Waals surface area contributed by atoms with Crippen molar-refractivity contribution < 1.29 is 9.50 Å². The fraction of sp³-hybridized carbons (Fsp3) is 0.400. The van der Waals surface area contributed by atoms with Crippen LogP contribution in [0.2, 0.25) is 0 Å². The molecule has 0 bridgehead atoms. The van der Waals surface area contributed by atoms with Gasteiger partial charge in [-0.05, 0) is 11.5 Å². The average molecular weight is 166 g/mol. The fourth-order valence-corrected chi connectivity index (χ4v) is 1.90. The topological polar surface area (TPSA) is 20.2 Å². The van der Waals surface area contributed by atoms with E-state index in [4.69, 9.17) is 0 Å². The van der Waals surface area contributed by atoms with Crippen molar-refractivity contribution in [3.8, 4) is 0 Å². The highest BCUT2D eigenvalue weighted by Gasteiger charge is 2.40. The number of alkyl halides is 1. The molecule has 0 radical (unpaired) electrons. The first kappa shape index (κ1) is 7.74. The van der Waals surface area contributed by atoms with Crippen LogP contribution in [0.5, 0.6) is 0 Å². The summed E-state index contributed by atoms with van der Waals surface area (Å²) in [4.78, 5) is 0. The van der Waals surface area contributed by atoms with Crippen LogP contribution >= 0.6 is 0 Å². The summed E-state index contributed by atoms with van der Waals surface area (Å²) in [5, 5.41) is 9.35. The predicted molar refractivity (Wildman–Crippen MR) is 44.5 cm³/mol. The summed E-state index contributed by atoms with van der Waals surface area (Å²) in [5.74, 6) is -1.98. The first-order valence-corrected chi connectivity index (χ1v) is 4.12. The van der Waals surface area contributed by atoms with Crippen molar-refractivity contribution in [1.82, 2.24) is 0 Å². The van der Waals surface area contributed by atoms with Crippen LogP contribution in [-0.4, -0.2) is 5.11 Å². The molecule has 0 saturated heterocycles. The Balaban J connectivity index is 2.58. The molecule has 0 saturated carbocycles. The number of hydrogen-bond donors (Lipinski definition) is 1. The van der Waals surface area contributed by atoms with E-state index in [9.17, 15) is 9.50 Å². The molecule has 2 heteroatoms. The molecule has 1 aliphatic rings. The third kappa shape index (κ3) is 0.950. The molecule has 0 aromatic heterocycles. The molecule has 1 aromatic carbocycles. The SMILES string of the molecule is CC1CC(O)(F)c2ccccc21. The molecule has 0 fully saturated rings. The van der Waals surface area contributed by atoms with Crippen LogP contribution in [-0.2, 0) is 5.85 Å². The average Bonchev–Trinajstić information content (AvgIpc) is 2.25. The lowest BCUT2D eigenvalue weighted by Crippen LogP contribution is -2.14. The monoisotopic (exact) mass is 166 g/mol. The van der Waals surface area contributed by atoms with E-state index in [2.05, 4.69) is 0 Å². The lowest BCUT2D eigenvalue weighted by molar-refractivity contribution is -0.0955. The lowest BCUT2D eigenvalue weighted by atomic mass is 10.0. The summed E-state index contributed by atoms with van der Waals surface area (Å²) in [5.41, 5.74) is 1.38. The van der Waals surface area contributed by atoms with E-state index in [1.54, 1.807) is 12.1 Å². The molecular formula is C10H11FO. The molecule has 2 unspecified atom stereocenters. The second-order valence-electron chi connectivity index (χ2n) is 3.45. The maximum Gasteiger partial charge on any atom is 0.233 e. The number of rotatable bonds is 0. The van der Waals surface area contributed by atoms with Gasteiger partial charge in [0.25, 0.3) is 0 Å². The van der Waals surface area contributed by atoms with Crippen LogP contribution in [0, 0.1) is 0 Å². The Morgan fingerprint density at radius 3 is 2.83 bits per heavy atom. The van der Waals surface area contributed by atoms with Crippen LogP contribution in [0.15, 0.2) is 24.3 Å². The maximum absolute atomic E-state index is 13.4. The Morgan fingerprint density at radius 2 is 2.17 bits per heavy atom. The predicted octanol–water partition coefficient (Wildman–Crippen LogP) is 2.31. The number of hydrogen-bond acceptors (Lipinski definition) is 1. The number of aliphatic hydroxyl groups is 1. The smallest absolute Gasteiger partial charge is 0.233 e. The van der Waals surface area contributed by atoms with E-state index < -0.39 is 5.85 Å². The van der Waals surface area contributed by atoms with Crippen molar-refractivity contribution in [2.24, 2.45) is 0 Å². The first-order chi connectivity index (χ1) is 5.61. The maximum atomic E-state index is 13.4. The Bertz CT molecular complexity index is 306. The highest BCUT2D eigenvalue weighted by molar-refractivity contribution is 5.38. The molecule has 1 aromatic rings. The Hall–Kier alpha value is -0.890. The molecule has 12 heavy (non-hydrogen) atoms. The standard InChI is InChI=1S/C10H11FO/c1-7-6-10(11,12)9-5-3-2-4-8(7)9/h2-5,7,12H,6H2,1H3. The van der Waals surface area contributed by atoms with Gasteiger partial charge in [-0.2, -0.15) is 0 Å². The van der Waals surface area contributed by atoms with Gasteiger partial charge in [0.05, 0.1) is 0 Å². The van der Waals surface area contributed by atoms with Crippen LogP contribution in [0.4, 0.5) is 4.39 Å². The first-order valence-electron chi connectivity index (χ1n) is 4.12. The quantitative estimate of drug-likeness (QED) is 0.627. The molecule has 0 heterocycles. The van der Waals surface area contributed by atoms with Crippen LogP contribution in [0.1, 0.15) is 30.4 Å². The van der Waals surface area contributed by atoms with E-state index in [-0.39, 0.29) is 12.3 Å². The number of halogens is 1. The highest BCUT2D eigenvalue weighted by Crippen LogP contribution is 2.44. The van der Waals surface area contributed by atoms with Gasteiger partial charge < -0.3 is 5.11 Å². The molecule has 1 N–H and O–H groups in total. The normalized spacial score (nSPS) is 33.4. The van der Waals surface area contributed by atoms with Crippen molar-refractivity contribution in [3.63, 3.8) is 0 Å². The zero-order valence-corrected chi connectivity index (χ0v) is 6.92. The van der Waals surface area contributed by atoms with Crippen molar-refractivity contribution in [2.75, 3.05) is 0 Å². The summed E-state index contributed by atoms with van der Waals surface area (Å²) >= 11 is 0. The molecule has 0 aliphatic heterocycles. The van der Waals surface area contributed by atoms with Gasteiger partial charge in [-0.3, -0.25) is 0 Å². The summed E-state index contributed by atoms with van der Waals surface area (Å²) in [6, 6.07) is 7.15. The van der Waals surface area contributed by atoms with Gasteiger partial charge in [0, 0.05) is 12.0 Å². The zero-order valence-electron chi connectivity index (χ0n) is 6.92. The minimum absolute atomic E-state index is 0.121. The molecule has 0 spiro atoms. The van der Waals surface area contributed by atoms with Crippen LogP contribution in [0.25, 0.3) is 0 Å². The molecule has 1 aliphatic carbocycles. The highest BCUT2D eigenvalue weighted by atomic mass is 19.2. The molecule has 2 rings (SSSR count).